The number of carbonyl (C=O) groups excluding carboxylic acids is 3. The molecule has 0 unspecified atom stereocenters. The number of carbonyl (C=O) groups is 3. The Kier molecular flexibility index (Phi) is 2.07. The second-order valence-corrected chi connectivity index (χ2v) is 4.78. The van der Waals surface area contributed by atoms with Crippen molar-refractivity contribution in [3.63, 3.8) is 0 Å². The largest absolute Gasteiger partial charge is 0.463 e. The van der Waals surface area contributed by atoms with Gasteiger partial charge in [-0.15, -0.1) is 0 Å². The lowest BCUT2D eigenvalue weighted by Gasteiger charge is -2.28. The van der Waals surface area contributed by atoms with Gasteiger partial charge < -0.3 is 14.2 Å². The number of fused-ring (bicyclic) bond motifs is 5. The monoisotopic (exact) mass is 240 g/mol. The van der Waals surface area contributed by atoms with E-state index in [1.165, 1.54) is 6.92 Å². The summed E-state index contributed by atoms with van der Waals surface area (Å²) in [6.45, 7) is 1.32. The van der Waals surface area contributed by atoms with E-state index >= 15 is 0 Å². The minimum Gasteiger partial charge on any atom is -0.463 e. The van der Waals surface area contributed by atoms with Gasteiger partial charge >= 0.3 is 17.9 Å². The smallest absolute Gasteiger partial charge is 0.320 e. The van der Waals surface area contributed by atoms with Crippen molar-refractivity contribution in [2.75, 3.05) is 6.61 Å². The number of esters is 3. The quantitative estimate of drug-likeness (QED) is 0.491. The molecule has 17 heavy (non-hydrogen) atoms. The lowest BCUT2D eigenvalue weighted by atomic mass is 9.73. The van der Waals surface area contributed by atoms with Crippen molar-refractivity contribution in [1.29, 1.82) is 0 Å². The molecule has 4 atom stereocenters. The summed E-state index contributed by atoms with van der Waals surface area (Å²) in [5, 5.41) is 0. The first-order chi connectivity index (χ1) is 8.03. The maximum atomic E-state index is 11.6. The van der Waals surface area contributed by atoms with Crippen molar-refractivity contribution in [1.82, 2.24) is 0 Å². The number of ether oxygens (including phenoxy) is 3. The molecule has 0 aromatic rings. The Labute approximate surface area is 97.2 Å². The fraction of sp³-hybridized carbons (Fsp3) is 0.727. The van der Waals surface area contributed by atoms with Crippen molar-refractivity contribution in [2.45, 2.75) is 31.5 Å². The molecule has 92 valence electrons. The van der Waals surface area contributed by atoms with Crippen LogP contribution in [0, 0.1) is 11.8 Å². The fourth-order valence-corrected chi connectivity index (χ4v) is 3.13. The highest BCUT2D eigenvalue weighted by molar-refractivity contribution is 5.98. The third kappa shape index (κ3) is 1.33. The molecule has 0 saturated carbocycles. The van der Waals surface area contributed by atoms with E-state index in [-0.39, 0.29) is 12.7 Å². The average molecular weight is 240 g/mol. The van der Waals surface area contributed by atoms with Crippen LogP contribution in [-0.4, -0.2) is 36.2 Å². The van der Waals surface area contributed by atoms with Crippen LogP contribution in [0.1, 0.15) is 19.8 Å². The van der Waals surface area contributed by atoms with E-state index in [9.17, 15) is 14.4 Å². The van der Waals surface area contributed by atoms with Crippen molar-refractivity contribution in [3.8, 4) is 0 Å². The molecule has 0 aromatic carbocycles. The summed E-state index contributed by atoms with van der Waals surface area (Å²) in [5.74, 6) is -2.59. The summed E-state index contributed by atoms with van der Waals surface area (Å²) in [4.78, 5) is 34.0. The Bertz CT molecular complexity index is 416. The van der Waals surface area contributed by atoms with Gasteiger partial charge in [0.05, 0.1) is 12.0 Å². The molecule has 0 spiro atoms. The highest BCUT2D eigenvalue weighted by atomic mass is 16.6. The van der Waals surface area contributed by atoms with Gasteiger partial charge in [-0.25, -0.2) is 0 Å². The van der Waals surface area contributed by atoms with Crippen LogP contribution in [0.3, 0.4) is 0 Å². The van der Waals surface area contributed by atoms with Crippen LogP contribution in [0.5, 0.6) is 0 Å². The Morgan fingerprint density at radius 1 is 1.47 bits per heavy atom. The Balaban J connectivity index is 1.88. The Hall–Kier alpha value is -1.43. The van der Waals surface area contributed by atoms with Gasteiger partial charge in [0.25, 0.3) is 0 Å². The third-order valence-corrected chi connectivity index (χ3v) is 3.81. The molecular formula is C11H12O6. The van der Waals surface area contributed by atoms with Gasteiger partial charge in [-0.2, -0.15) is 0 Å². The molecule has 3 aliphatic heterocycles. The van der Waals surface area contributed by atoms with E-state index in [4.69, 9.17) is 9.47 Å². The summed E-state index contributed by atoms with van der Waals surface area (Å²) < 4.78 is 15.3. The van der Waals surface area contributed by atoms with Crippen LogP contribution in [0.15, 0.2) is 0 Å². The molecule has 3 fully saturated rings. The number of cyclic esters (lactones) is 2. The predicted octanol–water partition coefficient (Wildman–Crippen LogP) is -0.203. The molecule has 3 saturated heterocycles. The molecule has 0 N–H and O–H groups in total. The second kappa shape index (κ2) is 3.29. The van der Waals surface area contributed by atoms with E-state index in [1.807, 2.05) is 0 Å². The van der Waals surface area contributed by atoms with Gasteiger partial charge in [-0.3, -0.25) is 14.4 Å². The Morgan fingerprint density at radius 3 is 2.94 bits per heavy atom. The van der Waals surface area contributed by atoms with Gasteiger partial charge in [-0.1, -0.05) is 0 Å². The summed E-state index contributed by atoms with van der Waals surface area (Å²) >= 11 is 0. The Morgan fingerprint density at radius 2 is 2.24 bits per heavy atom. The van der Waals surface area contributed by atoms with Crippen molar-refractivity contribution < 1.29 is 28.6 Å². The number of hydrogen-bond acceptors (Lipinski definition) is 6. The summed E-state index contributed by atoms with van der Waals surface area (Å²) in [7, 11) is 0. The summed E-state index contributed by atoms with van der Waals surface area (Å²) in [5.41, 5.74) is -0.843. The van der Waals surface area contributed by atoms with E-state index < -0.39 is 35.3 Å². The maximum absolute atomic E-state index is 11.6. The van der Waals surface area contributed by atoms with E-state index in [2.05, 4.69) is 4.74 Å². The zero-order valence-electron chi connectivity index (χ0n) is 9.30. The van der Waals surface area contributed by atoms with Crippen LogP contribution >= 0.6 is 0 Å². The van der Waals surface area contributed by atoms with Crippen molar-refractivity contribution in [3.05, 3.63) is 0 Å². The molecule has 0 amide bonds. The van der Waals surface area contributed by atoms with Gasteiger partial charge in [0, 0.05) is 6.92 Å². The minimum atomic E-state index is -0.843. The SMILES string of the molecule is CC(=O)OC[C@]12CC[C@H](O1)[C@H]1C(=O)OC(=O)[C@@H]12. The van der Waals surface area contributed by atoms with Crippen LogP contribution < -0.4 is 0 Å². The second-order valence-electron chi connectivity index (χ2n) is 4.78. The van der Waals surface area contributed by atoms with E-state index in [0.29, 0.717) is 12.8 Å². The molecule has 0 aromatic heterocycles. The van der Waals surface area contributed by atoms with Crippen molar-refractivity contribution in [2.24, 2.45) is 11.8 Å². The van der Waals surface area contributed by atoms with Gasteiger partial charge in [0.2, 0.25) is 0 Å². The maximum Gasteiger partial charge on any atom is 0.320 e. The van der Waals surface area contributed by atoms with Gasteiger partial charge in [0.1, 0.15) is 18.1 Å². The minimum absolute atomic E-state index is 0.0162. The molecule has 3 aliphatic rings. The first kappa shape index (κ1) is 10.7. The van der Waals surface area contributed by atoms with E-state index in [0.717, 1.165) is 0 Å². The lowest BCUT2D eigenvalue weighted by Crippen LogP contribution is -2.44. The summed E-state index contributed by atoms with van der Waals surface area (Å²) in [6.07, 6.45) is 1.05. The normalized spacial score (nSPS) is 42.5. The topological polar surface area (TPSA) is 78.9 Å². The first-order valence-corrected chi connectivity index (χ1v) is 5.60. The molecule has 6 nitrogen and oxygen atoms in total. The van der Waals surface area contributed by atoms with Crippen LogP contribution in [0.25, 0.3) is 0 Å². The van der Waals surface area contributed by atoms with Gasteiger partial charge in [0.15, 0.2) is 0 Å². The lowest BCUT2D eigenvalue weighted by molar-refractivity contribution is -0.165. The molecule has 3 heterocycles. The van der Waals surface area contributed by atoms with Crippen molar-refractivity contribution >= 4 is 17.9 Å². The average Bonchev–Trinajstić information content (AvgIpc) is 2.88. The standard InChI is InChI=1S/C11H12O6/c1-5(12)15-4-11-3-2-6(17-11)7-8(11)10(14)16-9(7)13/h6-8H,2-4H2,1H3/t6-,7+,8+,11-/m0/s1. The highest BCUT2D eigenvalue weighted by Gasteiger charge is 2.69. The van der Waals surface area contributed by atoms with Crippen LogP contribution in [0.2, 0.25) is 0 Å². The van der Waals surface area contributed by atoms with Crippen LogP contribution in [0.4, 0.5) is 0 Å². The zero-order valence-corrected chi connectivity index (χ0v) is 9.30. The molecule has 0 radical (unpaired) electrons. The van der Waals surface area contributed by atoms with Crippen LogP contribution in [-0.2, 0) is 28.6 Å². The molecular weight excluding hydrogens is 228 g/mol. The van der Waals surface area contributed by atoms with Gasteiger partial charge in [-0.05, 0) is 12.8 Å². The predicted molar refractivity (Wildman–Crippen MR) is 51.6 cm³/mol. The molecule has 2 bridgehead atoms. The third-order valence-electron chi connectivity index (χ3n) is 3.81. The molecule has 3 rings (SSSR count). The fourth-order valence-electron chi connectivity index (χ4n) is 3.13. The first-order valence-electron chi connectivity index (χ1n) is 5.60. The number of rotatable bonds is 2. The molecule has 0 aliphatic carbocycles. The molecule has 6 heteroatoms. The number of hydrogen-bond donors (Lipinski definition) is 0. The van der Waals surface area contributed by atoms with E-state index in [1.54, 1.807) is 0 Å². The zero-order chi connectivity index (χ0) is 12.2. The highest BCUT2D eigenvalue weighted by Crippen LogP contribution is 2.54. The summed E-state index contributed by atoms with van der Waals surface area (Å²) in [6, 6.07) is 0.